The number of aliphatic carboxylic acids is 1. The molecule has 1 aromatic carbocycles. The number of nitrogens with zero attached hydrogens (tertiary/aromatic N) is 1. The maximum atomic E-state index is 13.8. The molecule has 2 rings (SSSR count). The highest BCUT2D eigenvalue weighted by Gasteiger charge is 2.26. The molecular formula is C15H20FNO2. The van der Waals surface area contributed by atoms with E-state index in [0.29, 0.717) is 5.56 Å². The Bertz CT molecular complexity index is 450. The third-order valence-electron chi connectivity index (χ3n) is 3.92. The standard InChI is InChI=1S/C15H20FNO2/c1-11(13-6-2-3-7-14(13)16)17-8-4-5-12(10-17)9-15(18)19/h2-3,6-7,11-12H,4-5,8-10H2,1H3,(H,18,19). The Morgan fingerprint density at radius 2 is 2.26 bits per heavy atom. The zero-order valence-corrected chi connectivity index (χ0v) is 11.2. The number of carbonyl (C=O) groups is 1. The Morgan fingerprint density at radius 1 is 1.53 bits per heavy atom. The molecule has 1 heterocycles. The van der Waals surface area contributed by atoms with Gasteiger partial charge in [0.15, 0.2) is 0 Å². The third-order valence-corrected chi connectivity index (χ3v) is 3.92. The number of benzene rings is 1. The van der Waals surface area contributed by atoms with Crippen molar-refractivity contribution in [2.75, 3.05) is 13.1 Å². The van der Waals surface area contributed by atoms with Crippen molar-refractivity contribution < 1.29 is 14.3 Å². The lowest BCUT2D eigenvalue weighted by molar-refractivity contribution is -0.138. The molecule has 0 radical (unpaired) electrons. The Kier molecular flexibility index (Phi) is 4.53. The minimum Gasteiger partial charge on any atom is -0.481 e. The number of hydrogen-bond acceptors (Lipinski definition) is 2. The number of halogens is 1. The van der Waals surface area contributed by atoms with Crippen LogP contribution >= 0.6 is 0 Å². The summed E-state index contributed by atoms with van der Waals surface area (Å²) in [6.45, 7) is 3.63. The van der Waals surface area contributed by atoms with Gasteiger partial charge in [-0.2, -0.15) is 0 Å². The van der Waals surface area contributed by atoms with E-state index in [2.05, 4.69) is 4.90 Å². The van der Waals surface area contributed by atoms with Crippen LogP contribution in [0.25, 0.3) is 0 Å². The molecule has 1 aromatic rings. The van der Waals surface area contributed by atoms with Gasteiger partial charge in [0.25, 0.3) is 0 Å². The molecule has 19 heavy (non-hydrogen) atoms. The van der Waals surface area contributed by atoms with Gasteiger partial charge in [-0.3, -0.25) is 9.69 Å². The third kappa shape index (κ3) is 3.53. The first-order valence-corrected chi connectivity index (χ1v) is 6.78. The molecule has 3 nitrogen and oxygen atoms in total. The highest BCUT2D eigenvalue weighted by atomic mass is 19.1. The number of piperidine rings is 1. The zero-order chi connectivity index (χ0) is 13.8. The zero-order valence-electron chi connectivity index (χ0n) is 11.2. The molecule has 0 amide bonds. The maximum Gasteiger partial charge on any atom is 0.303 e. The molecule has 1 N–H and O–H groups in total. The first-order chi connectivity index (χ1) is 9.08. The number of likely N-dealkylation sites (tertiary alicyclic amines) is 1. The predicted molar refractivity (Wildman–Crippen MR) is 71.4 cm³/mol. The van der Waals surface area contributed by atoms with E-state index in [9.17, 15) is 9.18 Å². The number of rotatable bonds is 4. The monoisotopic (exact) mass is 265 g/mol. The fraction of sp³-hybridized carbons (Fsp3) is 0.533. The molecule has 1 aliphatic heterocycles. The first kappa shape index (κ1) is 14.0. The van der Waals surface area contributed by atoms with Crippen molar-refractivity contribution in [3.63, 3.8) is 0 Å². The smallest absolute Gasteiger partial charge is 0.303 e. The van der Waals surface area contributed by atoms with Crippen molar-refractivity contribution in [2.24, 2.45) is 5.92 Å². The topological polar surface area (TPSA) is 40.5 Å². The summed E-state index contributed by atoms with van der Waals surface area (Å²) >= 11 is 0. The second kappa shape index (κ2) is 6.15. The highest BCUT2D eigenvalue weighted by molar-refractivity contribution is 5.67. The number of hydrogen-bond donors (Lipinski definition) is 1. The lowest BCUT2D eigenvalue weighted by Gasteiger charge is -2.36. The highest BCUT2D eigenvalue weighted by Crippen LogP contribution is 2.29. The van der Waals surface area contributed by atoms with E-state index in [-0.39, 0.29) is 24.2 Å². The quantitative estimate of drug-likeness (QED) is 0.909. The normalized spacial score (nSPS) is 22.1. The fourth-order valence-electron chi connectivity index (χ4n) is 2.87. The van der Waals surface area contributed by atoms with Gasteiger partial charge in [0.1, 0.15) is 5.82 Å². The van der Waals surface area contributed by atoms with Gasteiger partial charge < -0.3 is 5.11 Å². The second-order valence-corrected chi connectivity index (χ2v) is 5.30. The Labute approximate surface area is 113 Å². The van der Waals surface area contributed by atoms with Crippen LogP contribution in [0, 0.1) is 11.7 Å². The molecule has 0 bridgehead atoms. The Balaban J connectivity index is 2.05. The van der Waals surface area contributed by atoms with Gasteiger partial charge in [-0.25, -0.2) is 4.39 Å². The largest absolute Gasteiger partial charge is 0.481 e. The van der Waals surface area contributed by atoms with Crippen molar-refractivity contribution in [3.8, 4) is 0 Å². The van der Waals surface area contributed by atoms with Crippen LogP contribution in [-0.4, -0.2) is 29.1 Å². The van der Waals surface area contributed by atoms with Crippen molar-refractivity contribution in [1.29, 1.82) is 0 Å². The van der Waals surface area contributed by atoms with Gasteiger partial charge in [-0.15, -0.1) is 0 Å². The van der Waals surface area contributed by atoms with Crippen LogP contribution in [0.15, 0.2) is 24.3 Å². The molecule has 1 saturated heterocycles. The summed E-state index contributed by atoms with van der Waals surface area (Å²) in [7, 11) is 0. The van der Waals surface area contributed by atoms with Gasteiger partial charge >= 0.3 is 5.97 Å². The SMILES string of the molecule is CC(c1ccccc1F)N1CCCC(CC(=O)O)C1. The van der Waals surface area contributed by atoms with E-state index in [0.717, 1.165) is 25.9 Å². The summed E-state index contributed by atoms with van der Waals surface area (Å²) in [5.41, 5.74) is 0.693. The molecule has 2 atom stereocenters. The lowest BCUT2D eigenvalue weighted by atomic mass is 9.92. The molecular weight excluding hydrogens is 245 g/mol. The average molecular weight is 265 g/mol. The van der Waals surface area contributed by atoms with E-state index in [1.807, 2.05) is 13.0 Å². The summed E-state index contributed by atoms with van der Waals surface area (Å²) in [6.07, 6.45) is 2.14. The van der Waals surface area contributed by atoms with E-state index in [1.165, 1.54) is 6.07 Å². The van der Waals surface area contributed by atoms with Gasteiger partial charge in [0, 0.05) is 24.6 Å². The lowest BCUT2D eigenvalue weighted by Crippen LogP contribution is -2.38. The fourth-order valence-corrected chi connectivity index (χ4v) is 2.87. The minimum atomic E-state index is -0.745. The van der Waals surface area contributed by atoms with Crippen LogP contribution in [0.1, 0.15) is 37.8 Å². The molecule has 2 unspecified atom stereocenters. The van der Waals surface area contributed by atoms with Gasteiger partial charge in [-0.05, 0) is 38.3 Å². The van der Waals surface area contributed by atoms with Gasteiger partial charge in [0.2, 0.25) is 0 Å². The number of carboxylic acid groups (broad SMARTS) is 1. The maximum absolute atomic E-state index is 13.8. The van der Waals surface area contributed by atoms with Crippen LogP contribution in [0.4, 0.5) is 4.39 Å². The van der Waals surface area contributed by atoms with E-state index in [1.54, 1.807) is 12.1 Å². The summed E-state index contributed by atoms with van der Waals surface area (Å²) in [6, 6.07) is 6.81. The first-order valence-electron chi connectivity index (χ1n) is 6.78. The summed E-state index contributed by atoms with van der Waals surface area (Å²) in [5, 5.41) is 8.87. The van der Waals surface area contributed by atoms with Crippen LogP contribution in [0.5, 0.6) is 0 Å². The van der Waals surface area contributed by atoms with Crippen molar-refractivity contribution in [2.45, 2.75) is 32.2 Å². The summed E-state index contributed by atoms with van der Waals surface area (Å²) < 4.78 is 13.8. The van der Waals surface area contributed by atoms with E-state index >= 15 is 0 Å². The number of carboxylic acids is 1. The summed E-state index contributed by atoms with van der Waals surface area (Å²) in [4.78, 5) is 13.0. The van der Waals surface area contributed by atoms with Crippen LogP contribution in [0.3, 0.4) is 0 Å². The van der Waals surface area contributed by atoms with Crippen LogP contribution in [0.2, 0.25) is 0 Å². The van der Waals surface area contributed by atoms with Crippen molar-refractivity contribution in [1.82, 2.24) is 4.90 Å². The molecule has 0 spiro atoms. The van der Waals surface area contributed by atoms with Crippen LogP contribution in [-0.2, 0) is 4.79 Å². The van der Waals surface area contributed by atoms with E-state index in [4.69, 9.17) is 5.11 Å². The molecule has 1 aliphatic rings. The summed E-state index contributed by atoms with van der Waals surface area (Å²) in [5.74, 6) is -0.749. The molecule has 4 heteroatoms. The van der Waals surface area contributed by atoms with E-state index < -0.39 is 5.97 Å². The Morgan fingerprint density at radius 3 is 2.95 bits per heavy atom. The average Bonchev–Trinajstić information content (AvgIpc) is 2.38. The Hall–Kier alpha value is -1.42. The molecule has 0 aromatic heterocycles. The predicted octanol–water partition coefficient (Wildman–Crippen LogP) is 3.07. The second-order valence-electron chi connectivity index (χ2n) is 5.30. The molecule has 1 fully saturated rings. The van der Waals surface area contributed by atoms with Crippen molar-refractivity contribution in [3.05, 3.63) is 35.6 Å². The molecule has 0 saturated carbocycles. The van der Waals surface area contributed by atoms with Gasteiger partial charge in [-0.1, -0.05) is 18.2 Å². The minimum absolute atomic E-state index is 0.00204. The molecule has 0 aliphatic carbocycles. The molecule has 104 valence electrons. The van der Waals surface area contributed by atoms with Crippen molar-refractivity contribution >= 4 is 5.97 Å². The van der Waals surface area contributed by atoms with Crippen LogP contribution < -0.4 is 0 Å². The van der Waals surface area contributed by atoms with Gasteiger partial charge in [0.05, 0.1) is 0 Å².